The first-order valence-corrected chi connectivity index (χ1v) is 8.23. The zero-order valence-corrected chi connectivity index (χ0v) is 14.2. The molecule has 0 radical (unpaired) electrons. The van der Waals surface area contributed by atoms with E-state index in [0.717, 1.165) is 12.1 Å². The van der Waals surface area contributed by atoms with Crippen LogP contribution in [-0.2, 0) is 11.2 Å². The summed E-state index contributed by atoms with van der Waals surface area (Å²) in [5.74, 6) is 0.774. The number of benzene rings is 1. The number of aryl methyl sites for hydroxylation is 1. The normalized spacial score (nSPS) is 24.8. The lowest BCUT2D eigenvalue weighted by atomic mass is 9.96. The summed E-state index contributed by atoms with van der Waals surface area (Å²) >= 11 is 3.92. The second kappa shape index (κ2) is 4.33. The van der Waals surface area contributed by atoms with E-state index in [2.05, 4.69) is 67.1 Å². The lowest BCUT2D eigenvalue weighted by molar-refractivity contribution is -0.116. The Labute approximate surface area is 129 Å². The Bertz CT molecular complexity index is 562. The second-order valence-corrected chi connectivity index (χ2v) is 8.27. The largest absolute Gasteiger partial charge is 0.326 e. The summed E-state index contributed by atoms with van der Waals surface area (Å²) in [5.41, 5.74) is 4.32. The number of alkyl halides is 1. The quantitative estimate of drug-likeness (QED) is 0.780. The van der Waals surface area contributed by atoms with Crippen LogP contribution in [0.2, 0.25) is 0 Å². The van der Waals surface area contributed by atoms with Crippen molar-refractivity contribution in [3.05, 3.63) is 29.3 Å². The number of amides is 1. The molecule has 1 fully saturated rings. The molecule has 1 unspecified atom stereocenters. The molecule has 2 aliphatic rings. The molecule has 0 aromatic heterocycles. The van der Waals surface area contributed by atoms with Crippen molar-refractivity contribution in [1.82, 2.24) is 0 Å². The molecular weight excluding hydrogens is 314 g/mol. The van der Waals surface area contributed by atoms with Crippen LogP contribution in [0.3, 0.4) is 0 Å². The summed E-state index contributed by atoms with van der Waals surface area (Å²) in [4.78, 5) is 11.8. The van der Waals surface area contributed by atoms with Crippen molar-refractivity contribution in [2.45, 2.75) is 45.4 Å². The first-order chi connectivity index (χ1) is 9.25. The molecule has 1 aromatic rings. The van der Waals surface area contributed by atoms with Gasteiger partial charge in [0.25, 0.3) is 0 Å². The first kappa shape index (κ1) is 14.1. The maximum Gasteiger partial charge on any atom is 0.224 e. The molecule has 1 atom stereocenters. The monoisotopic (exact) mass is 335 g/mol. The Morgan fingerprint density at radius 1 is 1.20 bits per heavy atom. The average Bonchev–Trinajstić information content (AvgIpc) is 2.78. The van der Waals surface area contributed by atoms with Gasteiger partial charge in [-0.15, -0.1) is 0 Å². The number of rotatable bonds is 2. The molecule has 0 saturated heterocycles. The molecular formula is C17H22BrNO. The lowest BCUT2D eigenvalue weighted by Gasteiger charge is -2.20. The van der Waals surface area contributed by atoms with Crippen molar-refractivity contribution in [3.8, 4) is 0 Å². The predicted molar refractivity (Wildman–Crippen MR) is 86.1 cm³/mol. The number of nitrogens with one attached hydrogen (secondary N) is 1. The summed E-state index contributed by atoms with van der Waals surface area (Å²) in [6.45, 7) is 9.41. The molecule has 0 bridgehead atoms. The summed E-state index contributed by atoms with van der Waals surface area (Å²) in [7, 11) is 0. The fraction of sp³-hybridized carbons (Fsp3) is 0.588. The fourth-order valence-electron chi connectivity index (χ4n) is 3.75. The van der Waals surface area contributed by atoms with Crippen molar-refractivity contribution in [3.63, 3.8) is 0 Å². The average molecular weight is 336 g/mol. The maximum absolute atomic E-state index is 11.4. The van der Waals surface area contributed by atoms with Gasteiger partial charge in [0.2, 0.25) is 5.91 Å². The number of anilines is 1. The van der Waals surface area contributed by atoms with Gasteiger partial charge in [-0.25, -0.2) is 0 Å². The second-order valence-electron chi connectivity index (χ2n) is 7.29. The highest BCUT2D eigenvalue weighted by atomic mass is 79.9. The molecule has 3 rings (SSSR count). The van der Waals surface area contributed by atoms with Crippen LogP contribution in [0.4, 0.5) is 5.69 Å². The summed E-state index contributed by atoms with van der Waals surface area (Å²) in [5, 5.41) is 2.95. The molecule has 1 aliphatic carbocycles. The summed E-state index contributed by atoms with van der Waals surface area (Å²) < 4.78 is 0. The van der Waals surface area contributed by atoms with Gasteiger partial charge in [0.05, 0.1) is 0 Å². The van der Waals surface area contributed by atoms with Crippen LogP contribution in [0, 0.1) is 16.7 Å². The molecule has 3 heteroatoms. The maximum atomic E-state index is 11.4. The Hall–Kier alpha value is -0.830. The Kier molecular flexibility index (Phi) is 3.06. The van der Waals surface area contributed by atoms with Gasteiger partial charge in [0, 0.05) is 16.9 Å². The van der Waals surface area contributed by atoms with Gasteiger partial charge in [-0.05, 0) is 40.4 Å². The van der Waals surface area contributed by atoms with Crippen LogP contribution in [0.5, 0.6) is 0 Å². The highest BCUT2D eigenvalue weighted by molar-refractivity contribution is 9.09. The highest BCUT2D eigenvalue weighted by Crippen LogP contribution is 2.73. The van der Waals surface area contributed by atoms with Gasteiger partial charge in [0.1, 0.15) is 0 Å². The summed E-state index contributed by atoms with van der Waals surface area (Å²) in [6.07, 6.45) is 1.45. The molecule has 1 saturated carbocycles. The zero-order chi connectivity index (χ0) is 14.7. The van der Waals surface area contributed by atoms with Gasteiger partial charge in [-0.2, -0.15) is 0 Å². The van der Waals surface area contributed by atoms with Crippen molar-refractivity contribution in [2.75, 3.05) is 5.32 Å². The van der Waals surface area contributed by atoms with E-state index in [1.54, 1.807) is 0 Å². The molecule has 0 spiro atoms. The first-order valence-electron chi connectivity index (χ1n) is 7.32. The van der Waals surface area contributed by atoms with Crippen LogP contribution in [-0.4, -0.2) is 5.91 Å². The van der Waals surface area contributed by atoms with Crippen molar-refractivity contribution < 1.29 is 4.79 Å². The predicted octanol–water partition coefficient (Wildman–Crippen LogP) is 4.69. The number of halogens is 1. The van der Waals surface area contributed by atoms with Crippen molar-refractivity contribution in [2.24, 2.45) is 16.7 Å². The van der Waals surface area contributed by atoms with Gasteiger partial charge in [-0.1, -0.05) is 55.8 Å². The molecule has 1 amide bonds. The van der Waals surface area contributed by atoms with Gasteiger partial charge in [0.15, 0.2) is 0 Å². The number of fused-ring (bicyclic) bond motifs is 1. The van der Waals surface area contributed by atoms with Gasteiger partial charge < -0.3 is 5.32 Å². The number of hydrogen-bond acceptors (Lipinski definition) is 1. The molecule has 2 nitrogen and oxygen atoms in total. The number of hydrogen-bond donors (Lipinski definition) is 1. The van der Waals surface area contributed by atoms with E-state index in [1.165, 1.54) is 11.1 Å². The van der Waals surface area contributed by atoms with Crippen molar-refractivity contribution in [1.29, 1.82) is 0 Å². The van der Waals surface area contributed by atoms with Gasteiger partial charge in [-0.3, -0.25) is 4.79 Å². The number of carbonyl (C=O) groups is 1. The SMILES string of the molecule is CC1(C)C(C(Br)c2ccc3c(c2)CCC(=O)N3)C1(C)C. The minimum atomic E-state index is 0.130. The van der Waals surface area contributed by atoms with Crippen LogP contribution in [0.15, 0.2) is 18.2 Å². The number of carbonyl (C=O) groups excluding carboxylic acids is 1. The molecule has 1 N–H and O–H groups in total. The molecule has 108 valence electrons. The third kappa shape index (κ3) is 1.93. The standard InChI is InChI=1S/C17H22BrNO/c1-16(2)15(17(16,3)4)14(18)11-5-7-12-10(9-11)6-8-13(20)19-12/h5,7,9,14-15H,6,8H2,1-4H3,(H,19,20). The van der Waals surface area contributed by atoms with E-state index >= 15 is 0 Å². The van der Waals surface area contributed by atoms with Gasteiger partial charge >= 0.3 is 0 Å². The molecule has 1 heterocycles. The molecule has 1 aromatic carbocycles. The Morgan fingerprint density at radius 3 is 2.45 bits per heavy atom. The topological polar surface area (TPSA) is 29.1 Å². The highest BCUT2D eigenvalue weighted by Gasteiger charge is 2.66. The Balaban J connectivity index is 1.87. The van der Waals surface area contributed by atoms with E-state index < -0.39 is 0 Å². The van der Waals surface area contributed by atoms with E-state index in [4.69, 9.17) is 0 Å². The van der Waals surface area contributed by atoms with E-state index in [-0.39, 0.29) is 5.91 Å². The molecule has 20 heavy (non-hydrogen) atoms. The van der Waals surface area contributed by atoms with E-state index in [1.807, 2.05) is 0 Å². The minimum absolute atomic E-state index is 0.130. The Morgan fingerprint density at radius 2 is 1.85 bits per heavy atom. The summed E-state index contributed by atoms with van der Waals surface area (Å²) in [6, 6.07) is 6.46. The molecule has 1 aliphatic heterocycles. The third-order valence-corrected chi connectivity index (χ3v) is 6.83. The van der Waals surface area contributed by atoms with E-state index in [9.17, 15) is 4.79 Å². The van der Waals surface area contributed by atoms with Crippen LogP contribution in [0.1, 0.15) is 50.1 Å². The smallest absolute Gasteiger partial charge is 0.224 e. The van der Waals surface area contributed by atoms with Crippen LogP contribution < -0.4 is 5.32 Å². The minimum Gasteiger partial charge on any atom is -0.326 e. The van der Waals surface area contributed by atoms with E-state index in [0.29, 0.717) is 28.0 Å². The van der Waals surface area contributed by atoms with Crippen LogP contribution in [0.25, 0.3) is 0 Å². The third-order valence-electron chi connectivity index (χ3n) is 5.77. The lowest BCUT2D eigenvalue weighted by Crippen LogP contribution is -2.19. The van der Waals surface area contributed by atoms with Crippen LogP contribution >= 0.6 is 15.9 Å². The fourth-order valence-corrected chi connectivity index (χ4v) is 5.35. The zero-order valence-electron chi connectivity index (χ0n) is 12.6. The van der Waals surface area contributed by atoms with Crippen molar-refractivity contribution >= 4 is 27.5 Å².